The second kappa shape index (κ2) is 7.12. The molecule has 1 atom stereocenters. The van der Waals surface area contributed by atoms with Crippen LogP contribution < -0.4 is 4.74 Å². The molecule has 20 heavy (non-hydrogen) atoms. The predicted molar refractivity (Wildman–Crippen MR) is 82.9 cm³/mol. The van der Waals surface area contributed by atoms with E-state index in [9.17, 15) is 5.11 Å². The summed E-state index contributed by atoms with van der Waals surface area (Å²) in [5.41, 5.74) is 0.961. The van der Waals surface area contributed by atoms with Gasteiger partial charge in [0.1, 0.15) is 5.75 Å². The lowest BCUT2D eigenvalue weighted by Gasteiger charge is -2.33. The molecule has 1 aromatic carbocycles. The largest absolute Gasteiger partial charge is 0.493 e. The first-order valence-electron chi connectivity index (χ1n) is 8.03. The molecule has 1 fully saturated rings. The fourth-order valence-corrected chi connectivity index (χ4v) is 3.39. The maximum atomic E-state index is 10.7. The maximum absolute atomic E-state index is 10.7. The lowest BCUT2D eigenvalue weighted by atomic mass is 9.74. The Hall–Kier alpha value is -1.02. The van der Waals surface area contributed by atoms with Crippen LogP contribution in [0.15, 0.2) is 24.3 Å². The van der Waals surface area contributed by atoms with Crippen molar-refractivity contribution >= 4 is 0 Å². The number of hydrogen-bond donors (Lipinski definition) is 1. The van der Waals surface area contributed by atoms with Crippen LogP contribution in [0.1, 0.15) is 58.1 Å². The molecule has 112 valence electrons. The third-order valence-electron chi connectivity index (χ3n) is 4.74. The molecule has 2 rings (SSSR count). The summed E-state index contributed by atoms with van der Waals surface area (Å²) in [6.45, 7) is 7.25. The number of benzene rings is 1. The molecule has 1 aliphatic carbocycles. The van der Waals surface area contributed by atoms with Gasteiger partial charge in [0.25, 0.3) is 0 Å². The summed E-state index contributed by atoms with van der Waals surface area (Å²) >= 11 is 0. The van der Waals surface area contributed by atoms with Gasteiger partial charge in [-0.2, -0.15) is 0 Å². The van der Waals surface area contributed by atoms with E-state index < -0.39 is 0 Å². The highest BCUT2D eigenvalue weighted by molar-refractivity contribution is 5.35. The maximum Gasteiger partial charge on any atom is 0.125 e. The molecule has 1 saturated carbocycles. The van der Waals surface area contributed by atoms with Gasteiger partial charge in [-0.3, -0.25) is 0 Å². The zero-order chi connectivity index (χ0) is 14.5. The van der Waals surface area contributed by atoms with Crippen molar-refractivity contribution in [1.29, 1.82) is 0 Å². The third-order valence-corrected chi connectivity index (χ3v) is 4.74. The van der Waals surface area contributed by atoms with Gasteiger partial charge in [-0.1, -0.05) is 32.0 Å². The molecule has 1 aliphatic rings. The Morgan fingerprint density at radius 3 is 2.30 bits per heavy atom. The van der Waals surface area contributed by atoms with E-state index in [1.54, 1.807) is 0 Å². The highest BCUT2D eigenvalue weighted by Gasteiger charge is 2.29. The summed E-state index contributed by atoms with van der Waals surface area (Å²) < 4.78 is 5.65. The SMILES string of the molecule is CCOc1ccccc1C(O)C1CCC(C(C)C)CC1. The topological polar surface area (TPSA) is 29.5 Å². The molecule has 2 nitrogen and oxygen atoms in total. The van der Waals surface area contributed by atoms with Crippen LogP contribution in [-0.2, 0) is 0 Å². The molecule has 0 radical (unpaired) electrons. The summed E-state index contributed by atoms with van der Waals surface area (Å²) in [6, 6.07) is 7.92. The predicted octanol–water partition coefficient (Wildman–Crippen LogP) is 4.58. The lowest BCUT2D eigenvalue weighted by Crippen LogP contribution is -2.23. The molecule has 0 bridgehead atoms. The zero-order valence-corrected chi connectivity index (χ0v) is 13.0. The summed E-state index contributed by atoms with van der Waals surface area (Å²) in [5.74, 6) is 2.82. The van der Waals surface area contributed by atoms with Crippen molar-refractivity contribution in [2.75, 3.05) is 6.61 Å². The third kappa shape index (κ3) is 3.54. The summed E-state index contributed by atoms with van der Waals surface area (Å²) in [7, 11) is 0. The van der Waals surface area contributed by atoms with Gasteiger partial charge in [-0.15, -0.1) is 0 Å². The Morgan fingerprint density at radius 2 is 1.70 bits per heavy atom. The Morgan fingerprint density at radius 1 is 1.10 bits per heavy atom. The van der Waals surface area contributed by atoms with Gasteiger partial charge in [-0.05, 0) is 56.4 Å². The molecular weight excluding hydrogens is 248 g/mol. The summed E-state index contributed by atoms with van der Waals surface area (Å²) in [4.78, 5) is 0. The first kappa shape index (κ1) is 15.4. The van der Waals surface area contributed by atoms with E-state index in [0.717, 1.165) is 36.0 Å². The molecule has 0 amide bonds. The van der Waals surface area contributed by atoms with E-state index in [4.69, 9.17) is 4.74 Å². The van der Waals surface area contributed by atoms with Crippen LogP contribution in [0.25, 0.3) is 0 Å². The molecule has 1 aromatic rings. The molecular formula is C18H28O2. The standard InChI is InChI=1S/C18H28O2/c1-4-20-17-8-6-5-7-16(17)18(19)15-11-9-14(10-12-15)13(2)3/h5-8,13-15,18-19H,4,9-12H2,1-3H3. The minimum atomic E-state index is -0.383. The first-order chi connectivity index (χ1) is 9.63. The van der Waals surface area contributed by atoms with E-state index in [0.29, 0.717) is 12.5 Å². The van der Waals surface area contributed by atoms with Crippen molar-refractivity contribution in [2.45, 2.75) is 52.6 Å². The number of para-hydroxylation sites is 1. The molecule has 0 heterocycles. The van der Waals surface area contributed by atoms with Crippen LogP contribution in [0.4, 0.5) is 0 Å². The number of rotatable bonds is 5. The quantitative estimate of drug-likeness (QED) is 0.853. The van der Waals surface area contributed by atoms with Crippen molar-refractivity contribution < 1.29 is 9.84 Å². The molecule has 0 aliphatic heterocycles. The zero-order valence-electron chi connectivity index (χ0n) is 13.0. The van der Waals surface area contributed by atoms with E-state index in [-0.39, 0.29) is 6.10 Å². The Balaban J connectivity index is 2.03. The molecule has 1 N–H and O–H groups in total. The average Bonchev–Trinajstić information content (AvgIpc) is 2.47. The Kier molecular flexibility index (Phi) is 5.47. The van der Waals surface area contributed by atoms with Crippen LogP contribution in [0.5, 0.6) is 5.75 Å². The normalized spacial score (nSPS) is 24.6. The van der Waals surface area contributed by atoms with Crippen molar-refractivity contribution in [3.63, 3.8) is 0 Å². The monoisotopic (exact) mass is 276 g/mol. The second-order valence-electron chi connectivity index (χ2n) is 6.33. The van der Waals surface area contributed by atoms with Gasteiger partial charge < -0.3 is 9.84 Å². The van der Waals surface area contributed by atoms with E-state index >= 15 is 0 Å². The van der Waals surface area contributed by atoms with Gasteiger partial charge in [0.2, 0.25) is 0 Å². The minimum Gasteiger partial charge on any atom is -0.493 e. The van der Waals surface area contributed by atoms with Crippen LogP contribution >= 0.6 is 0 Å². The highest BCUT2D eigenvalue weighted by atomic mass is 16.5. The molecule has 0 aromatic heterocycles. The number of aliphatic hydroxyl groups excluding tert-OH is 1. The van der Waals surface area contributed by atoms with Gasteiger partial charge in [-0.25, -0.2) is 0 Å². The fraction of sp³-hybridized carbons (Fsp3) is 0.667. The Bertz CT molecular complexity index is 406. The number of hydrogen-bond acceptors (Lipinski definition) is 2. The molecule has 0 saturated heterocycles. The molecule has 0 spiro atoms. The summed E-state index contributed by atoms with van der Waals surface area (Å²) in [5, 5.41) is 10.7. The van der Waals surface area contributed by atoms with Gasteiger partial charge in [0, 0.05) is 5.56 Å². The lowest BCUT2D eigenvalue weighted by molar-refractivity contribution is 0.0644. The van der Waals surface area contributed by atoms with Gasteiger partial charge >= 0.3 is 0 Å². The van der Waals surface area contributed by atoms with Crippen LogP contribution in [0.2, 0.25) is 0 Å². The van der Waals surface area contributed by atoms with Crippen molar-refractivity contribution in [3.8, 4) is 5.75 Å². The van der Waals surface area contributed by atoms with Gasteiger partial charge in [0.15, 0.2) is 0 Å². The minimum absolute atomic E-state index is 0.381. The average molecular weight is 276 g/mol. The van der Waals surface area contributed by atoms with E-state index in [1.165, 1.54) is 12.8 Å². The van der Waals surface area contributed by atoms with Gasteiger partial charge in [0.05, 0.1) is 12.7 Å². The van der Waals surface area contributed by atoms with Crippen LogP contribution in [0.3, 0.4) is 0 Å². The second-order valence-corrected chi connectivity index (χ2v) is 6.33. The highest BCUT2D eigenvalue weighted by Crippen LogP contribution is 2.41. The molecule has 2 heteroatoms. The van der Waals surface area contributed by atoms with Crippen molar-refractivity contribution in [2.24, 2.45) is 17.8 Å². The van der Waals surface area contributed by atoms with Crippen molar-refractivity contribution in [3.05, 3.63) is 29.8 Å². The van der Waals surface area contributed by atoms with Crippen molar-refractivity contribution in [1.82, 2.24) is 0 Å². The van der Waals surface area contributed by atoms with Crippen LogP contribution in [-0.4, -0.2) is 11.7 Å². The molecule has 1 unspecified atom stereocenters. The van der Waals surface area contributed by atoms with Crippen LogP contribution in [0, 0.1) is 17.8 Å². The van der Waals surface area contributed by atoms with E-state index in [1.807, 2.05) is 31.2 Å². The first-order valence-corrected chi connectivity index (χ1v) is 8.03. The fourth-order valence-electron chi connectivity index (χ4n) is 3.39. The smallest absolute Gasteiger partial charge is 0.125 e. The number of aliphatic hydroxyl groups is 1. The van der Waals surface area contributed by atoms with E-state index in [2.05, 4.69) is 13.8 Å². The number of ether oxygens (including phenoxy) is 1. The summed E-state index contributed by atoms with van der Waals surface area (Å²) in [6.07, 6.45) is 4.37. The Labute approximate surface area is 123 Å².